The quantitative estimate of drug-likeness (QED) is 0.152. The molecule has 0 aromatic carbocycles. The smallest absolute Gasteiger partial charge is 0.147 e. The first-order valence-electron chi connectivity index (χ1n) is 15.2. The number of aliphatic hydroxyl groups excluding tert-OH is 2. The topological polar surface area (TPSA) is 58.9 Å². The number of halogens is 4. The van der Waals surface area contributed by atoms with Crippen LogP contribution >= 0.6 is 46.4 Å². The van der Waals surface area contributed by atoms with E-state index in [1.54, 1.807) is 14.2 Å². The monoisotopic (exact) mass is 616 g/mol. The highest BCUT2D eigenvalue weighted by Crippen LogP contribution is 2.63. The van der Waals surface area contributed by atoms with Crippen LogP contribution < -0.4 is 0 Å². The van der Waals surface area contributed by atoms with E-state index in [0.29, 0.717) is 47.7 Å². The van der Waals surface area contributed by atoms with Gasteiger partial charge in [0.2, 0.25) is 0 Å². The van der Waals surface area contributed by atoms with Crippen LogP contribution in [0.5, 0.6) is 0 Å². The molecule has 38 heavy (non-hydrogen) atoms. The van der Waals surface area contributed by atoms with Crippen LogP contribution in [0.25, 0.3) is 0 Å². The molecule has 0 aromatic rings. The average Bonchev–Trinajstić information content (AvgIpc) is 3.51. The van der Waals surface area contributed by atoms with Gasteiger partial charge >= 0.3 is 0 Å². The fourth-order valence-corrected chi connectivity index (χ4v) is 10.1. The van der Waals surface area contributed by atoms with Crippen LogP contribution in [0.2, 0.25) is 0 Å². The van der Waals surface area contributed by atoms with E-state index in [4.69, 9.17) is 55.9 Å². The van der Waals surface area contributed by atoms with Gasteiger partial charge in [0.05, 0.1) is 24.4 Å². The SMILES string of the molecule is CCC(CCCCC1CCC2C(O)C(Cl)(Cl)C12)OC.CCC(CCCCC1CCC2C(O)C(Cl)(Cl)C12)OC. The summed E-state index contributed by atoms with van der Waals surface area (Å²) in [7, 11) is 3.58. The third-order valence-corrected chi connectivity index (χ3v) is 12.4. The predicted octanol–water partition coefficient (Wildman–Crippen LogP) is 8.33. The Morgan fingerprint density at radius 3 is 1.34 bits per heavy atom. The summed E-state index contributed by atoms with van der Waals surface area (Å²) in [6, 6.07) is 0. The number of fused-ring (bicyclic) bond motifs is 2. The largest absolute Gasteiger partial charge is 0.390 e. The van der Waals surface area contributed by atoms with Gasteiger partial charge in [0.1, 0.15) is 8.67 Å². The molecular weight excluding hydrogens is 566 g/mol. The van der Waals surface area contributed by atoms with Gasteiger partial charge in [-0.15, -0.1) is 0 Å². The summed E-state index contributed by atoms with van der Waals surface area (Å²) in [6.45, 7) is 4.33. The van der Waals surface area contributed by atoms with Crippen molar-refractivity contribution in [2.75, 3.05) is 14.2 Å². The minimum absolute atomic E-state index is 0.315. The molecule has 4 rings (SSSR count). The lowest BCUT2D eigenvalue weighted by Crippen LogP contribution is -2.59. The molecule has 4 fully saturated rings. The van der Waals surface area contributed by atoms with Crippen molar-refractivity contribution in [2.24, 2.45) is 35.5 Å². The molecule has 224 valence electrons. The maximum atomic E-state index is 9.89. The number of hydrogen-bond donors (Lipinski definition) is 2. The van der Waals surface area contributed by atoms with Crippen molar-refractivity contribution < 1.29 is 19.7 Å². The third kappa shape index (κ3) is 7.31. The lowest BCUT2D eigenvalue weighted by atomic mass is 9.68. The van der Waals surface area contributed by atoms with Crippen molar-refractivity contribution in [3.8, 4) is 0 Å². The minimum atomic E-state index is -0.885. The molecule has 0 spiro atoms. The molecule has 0 heterocycles. The van der Waals surface area contributed by atoms with Crippen molar-refractivity contribution in [1.29, 1.82) is 0 Å². The van der Waals surface area contributed by atoms with Gasteiger partial charge in [0.15, 0.2) is 0 Å². The standard InChI is InChI=1S/2C15H26Cl2O2/c2*1-3-11(19-2)7-5-4-6-10-8-9-12-13(10)15(16,17)14(12)18/h2*10-14,18H,3-9H2,1-2H3. The summed E-state index contributed by atoms with van der Waals surface area (Å²) in [5, 5.41) is 19.8. The van der Waals surface area contributed by atoms with Gasteiger partial charge in [-0.05, 0) is 75.0 Å². The first-order valence-corrected chi connectivity index (χ1v) is 16.7. The Morgan fingerprint density at radius 2 is 1.03 bits per heavy atom. The van der Waals surface area contributed by atoms with Crippen LogP contribution in [0.1, 0.15) is 104 Å². The summed E-state index contributed by atoms with van der Waals surface area (Å²) >= 11 is 25.0. The summed E-state index contributed by atoms with van der Waals surface area (Å²) < 4.78 is 9.02. The Hall–Kier alpha value is 1.00. The Morgan fingerprint density at radius 1 is 0.658 bits per heavy atom. The first kappa shape index (κ1) is 33.5. The second-order valence-electron chi connectivity index (χ2n) is 12.4. The van der Waals surface area contributed by atoms with E-state index in [1.807, 2.05) is 0 Å². The summed E-state index contributed by atoms with van der Waals surface area (Å²) in [5.41, 5.74) is 0. The zero-order chi connectivity index (χ0) is 28.1. The number of methoxy groups -OCH3 is 2. The molecule has 0 saturated heterocycles. The van der Waals surface area contributed by atoms with E-state index in [1.165, 1.54) is 51.4 Å². The maximum absolute atomic E-state index is 9.89. The Kier molecular flexibility index (Phi) is 13.2. The minimum Gasteiger partial charge on any atom is -0.390 e. The lowest BCUT2D eigenvalue weighted by Gasteiger charge is -2.50. The van der Waals surface area contributed by atoms with E-state index in [9.17, 15) is 10.2 Å². The van der Waals surface area contributed by atoms with Crippen LogP contribution in [0.3, 0.4) is 0 Å². The number of rotatable bonds is 14. The summed E-state index contributed by atoms with van der Waals surface area (Å²) in [6.07, 6.45) is 16.0. The molecule has 0 aliphatic heterocycles. The van der Waals surface area contributed by atoms with E-state index in [2.05, 4.69) is 13.8 Å². The van der Waals surface area contributed by atoms with Crippen LogP contribution in [0.15, 0.2) is 0 Å². The van der Waals surface area contributed by atoms with Gasteiger partial charge in [0, 0.05) is 26.1 Å². The molecule has 4 nitrogen and oxygen atoms in total. The highest BCUT2D eigenvalue weighted by molar-refractivity contribution is 6.50. The van der Waals surface area contributed by atoms with Crippen molar-refractivity contribution in [1.82, 2.24) is 0 Å². The fraction of sp³-hybridized carbons (Fsp3) is 1.00. The molecule has 8 heteroatoms. The predicted molar refractivity (Wildman–Crippen MR) is 159 cm³/mol. The van der Waals surface area contributed by atoms with Crippen LogP contribution in [-0.2, 0) is 9.47 Å². The van der Waals surface area contributed by atoms with Crippen molar-refractivity contribution in [2.45, 2.75) is 137 Å². The van der Waals surface area contributed by atoms with E-state index < -0.39 is 20.9 Å². The van der Waals surface area contributed by atoms with Gasteiger partial charge in [-0.1, -0.05) is 98.8 Å². The van der Waals surface area contributed by atoms with Gasteiger partial charge in [-0.25, -0.2) is 0 Å². The Balaban J connectivity index is 0.000000211. The Bertz CT molecular complexity index is 642. The van der Waals surface area contributed by atoms with Crippen molar-refractivity contribution in [3.63, 3.8) is 0 Å². The summed E-state index contributed by atoms with van der Waals surface area (Å²) in [5.74, 6) is 2.53. The van der Waals surface area contributed by atoms with Gasteiger partial charge in [-0.3, -0.25) is 0 Å². The van der Waals surface area contributed by atoms with Crippen LogP contribution in [0, 0.1) is 35.5 Å². The molecule has 0 amide bonds. The van der Waals surface area contributed by atoms with E-state index >= 15 is 0 Å². The molecule has 4 aliphatic rings. The first-order chi connectivity index (χ1) is 18.0. The second-order valence-corrected chi connectivity index (χ2v) is 15.3. The maximum Gasteiger partial charge on any atom is 0.147 e. The number of alkyl halides is 4. The number of hydrogen-bond acceptors (Lipinski definition) is 4. The van der Waals surface area contributed by atoms with Crippen molar-refractivity contribution in [3.05, 3.63) is 0 Å². The average molecular weight is 619 g/mol. The van der Waals surface area contributed by atoms with Crippen molar-refractivity contribution >= 4 is 46.4 Å². The molecule has 0 radical (unpaired) electrons. The van der Waals surface area contributed by atoms with Gasteiger partial charge in [0.25, 0.3) is 0 Å². The highest BCUT2D eigenvalue weighted by Gasteiger charge is 2.65. The Labute approximate surface area is 251 Å². The molecule has 10 unspecified atom stereocenters. The summed E-state index contributed by atoms with van der Waals surface area (Å²) in [4.78, 5) is 0. The van der Waals surface area contributed by atoms with Crippen LogP contribution in [0.4, 0.5) is 0 Å². The zero-order valence-corrected chi connectivity index (χ0v) is 26.9. The molecule has 4 aliphatic carbocycles. The highest BCUT2D eigenvalue weighted by atomic mass is 35.5. The number of ether oxygens (including phenoxy) is 2. The second kappa shape index (κ2) is 14.9. The van der Waals surface area contributed by atoms with E-state index in [0.717, 1.165) is 38.5 Å². The molecule has 4 saturated carbocycles. The zero-order valence-electron chi connectivity index (χ0n) is 23.9. The number of unbranched alkanes of at least 4 members (excludes halogenated alkanes) is 2. The molecule has 2 N–H and O–H groups in total. The number of aliphatic hydroxyl groups is 2. The fourth-order valence-electron chi connectivity index (χ4n) is 8.05. The molecule has 0 aromatic heterocycles. The molecule has 10 atom stereocenters. The van der Waals surface area contributed by atoms with E-state index in [-0.39, 0.29) is 0 Å². The normalized spacial score (nSPS) is 37.7. The lowest BCUT2D eigenvalue weighted by molar-refractivity contribution is -0.0433. The van der Waals surface area contributed by atoms with Gasteiger partial charge in [-0.2, -0.15) is 0 Å². The van der Waals surface area contributed by atoms with Crippen LogP contribution in [-0.4, -0.2) is 57.5 Å². The molecule has 0 bridgehead atoms. The molecular formula is C30H52Cl4O4. The van der Waals surface area contributed by atoms with Gasteiger partial charge < -0.3 is 19.7 Å². The third-order valence-electron chi connectivity index (χ3n) is 10.4.